The maximum atomic E-state index is 13.5. The highest BCUT2D eigenvalue weighted by atomic mass is 16.3. The Morgan fingerprint density at radius 3 is 2.47 bits per heavy atom. The molecular formula is C25H28N4O5. The Morgan fingerprint density at radius 1 is 1.00 bits per heavy atom. The van der Waals surface area contributed by atoms with Crippen molar-refractivity contribution in [3.05, 3.63) is 78.4 Å². The number of hydrogen-bond donors (Lipinski definition) is 3. The molecule has 0 radical (unpaired) electrons. The van der Waals surface area contributed by atoms with Gasteiger partial charge >= 0.3 is 0 Å². The molecule has 2 atom stereocenters. The van der Waals surface area contributed by atoms with Gasteiger partial charge in [-0.25, -0.2) is 0 Å². The SMILES string of the molecule is O=C(CNC(=O)c1ccco1)NC(c1ccco1)C(C(=O)NC1CCCCC1)c1cccnc1. The molecule has 2 unspecified atom stereocenters. The van der Waals surface area contributed by atoms with Crippen molar-refractivity contribution in [1.29, 1.82) is 0 Å². The van der Waals surface area contributed by atoms with E-state index in [0.29, 0.717) is 11.3 Å². The summed E-state index contributed by atoms with van der Waals surface area (Å²) in [6, 6.07) is 9.37. The number of furan rings is 2. The number of aromatic nitrogens is 1. The van der Waals surface area contributed by atoms with E-state index in [1.807, 2.05) is 0 Å². The van der Waals surface area contributed by atoms with Gasteiger partial charge in [-0.05, 0) is 48.7 Å². The molecular weight excluding hydrogens is 436 g/mol. The summed E-state index contributed by atoms with van der Waals surface area (Å²) < 4.78 is 10.7. The first-order valence-electron chi connectivity index (χ1n) is 11.5. The first kappa shape index (κ1) is 23.3. The third kappa shape index (κ3) is 5.92. The molecule has 178 valence electrons. The van der Waals surface area contributed by atoms with Gasteiger partial charge < -0.3 is 24.8 Å². The van der Waals surface area contributed by atoms with E-state index in [4.69, 9.17) is 8.83 Å². The molecule has 3 amide bonds. The van der Waals surface area contributed by atoms with Crippen LogP contribution in [-0.4, -0.2) is 35.3 Å². The van der Waals surface area contributed by atoms with Gasteiger partial charge in [-0.15, -0.1) is 0 Å². The molecule has 9 heteroatoms. The van der Waals surface area contributed by atoms with Gasteiger partial charge in [0.2, 0.25) is 11.8 Å². The van der Waals surface area contributed by atoms with Crippen molar-refractivity contribution in [2.45, 2.75) is 50.1 Å². The number of amides is 3. The Labute approximate surface area is 197 Å². The number of hydrogen-bond acceptors (Lipinski definition) is 6. The van der Waals surface area contributed by atoms with Gasteiger partial charge in [0.25, 0.3) is 5.91 Å². The number of rotatable bonds is 9. The lowest BCUT2D eigenvalue weighted by atomic mass is 9.88. The average molecular weight is 465 g/mol. The number of nitrogens with one attached hydrogen (secondary N) is 3. The topological polar surface area (TPSA) is 126 Å². The maximum Gasteiger partial charge on any atom is 0.287 e. The summed E-state index contributed by atoms with van der Waals surface area (Å²) in [5.74, 6) is -1.42. The van der Waals surface area contributed by atoms with E-state index in [2.05, 4.69) is 20.9 Å². The molecule has 0 spiro atoms. The third-order valence-corrected chi connectivity index (χ3v) is 5.93. The Kier molecular flexibility index (Phi) is 7.75. The van der Waals surface area contributed by atoms with Crippen LogP contribution in [0.3, 0.4) is 0 Å². The summed E-state index contributed by atoms with van der Waals surface area (Å²) >= 11 is 0. The molecule has 4 rings (SSSR count). The first-order valence-corrected chi connectivity index (χ1v) is 11.5. The number of carbonyl (C=O) groups excluding carboxylic acids is 3. The highest BCUT2D eigenvalue weighted by Gasteiger charge is 2.35. The standard InChI is InChI=1S/C25H28N4O5/c30-21(16-27-24(31)20-11-6-14-34-20)29-23(19-10-5-13-33-19)22(17-7-4-12-26-15-17)25(32)28-18-8-2-1-3-9-18/h4-7,10-15,18,22-23H,1-3,8-9,16H2,(H,27,31)(H,28,32)(H,29,30). The second-order valence-electron chi connectivity index (χ2n) is 8.33. The van der Waals surface area contributed by atoms with Gasteiger partial charge in [-0.2, -0.15) is 0 Å². The van der Waals surface area contributed by atoms with Crippen molar-refractivity contribution in [1.82, 2.24) is 20.9 Å². The molecule has 1 aliphatic carbocycles. The predicted molar refractivity (Wildman–Crippen MR) is 123 cm³/mol. The quantitative estimate of drug-likeness (QED) is 0.447. The fourth-order valence-electron chi connectivity index (χ4n) is 4.26. The largest absolute Gasteiger partial charge is 0.467 e. The third-order valence-electron chi connectivity index (χ3n) is 5.93. The summed E-state index contributed by atoms with van der Waals surface area (Å²) in [4.78, 5) is 42.7. The zero-order valence-corrected chi connectivity index (χ0v) is 18.7. The van der Waals surface area contributed by atoms with Crippen molar-refractivity contribution in [3.63, 3.8) is 0 Å². The van der Waals surface area contributed by atoms with Crippen LogP contribution in [0.25, 0.3) is 0 Å². The lowest BCUT2D eigenvalue weighted by Gasteiger charge is -2.29. The molecule has 9 nitrogen and oxygen atoms in total. The molecule has 3 N–H and O–H groups in total. The molecule has 0 aromatic carbocycles. The van der Waals surface area contributed by atoms with E-state index in [1.54, 1.807) is 42.7 Å². The van der Waals surface area contributed by atoms with Crippen LogP contribution in [0.1, 0.15) is 65.9 Å². The van der Waals surface area contributed by atoms with E-state index >= 15 is 0 Å². The summed E-state index contributed by atoms with van der Waals surface area (Å²) in [7, 11) is 0. The molecule has 3 aromatic rings. The molecule has 0 bridgehead atoms. The van der Waals surface area contributed by atoms with Crippen LogP contribution < -0.4 is 16.0 Å². The highest BCUT2D eigenvalue weighted by molar-refractivity contribution is 5.94. The molecule has 1 aliphatic rings. The minimum Gasteiger partial charge on any atom is -0.467 e. The van der Waals surface area contributed by atoms with Crippen LogP contribution >= 0.6 is 0 Å². The van der Waals surface area contributed by atoms with Crippen molar-refractivity contribution >= 4 is 17.7 Å². The van der Waals surface area contributed by atoms with Gasteiger partial charge in [0.05, 0.1) is 25.0 Å². The van der Waals surface area contributed by atoms with Gasteiger partial charge in [-0.3, -0.25) is 19.4 Å². The highest BCUT2D eigenvalue weighted by Crippen LogP contribution is 2.32. The zero-order valence-electron chi connectivity index (χ0n) is 18.7. The van der Waals surface area contributed by atoms with Crippen LogP contribution in [0.2, 0.25) is 0 Å². The Bertz CT molecular complexity index is 1060. The van der Waals surface area contributed by atoms with Gasteiger partial charge in [-0.1, -0.05) is 25.3 Å². The number of carbonyl (C=O) groups is 3. The fourth-order valence-corrected chi connectivity index (χ4v) is 4.26. The summed E-state index contributed by atoms with van der Waals surface area (Å²) in [6.07, 6.45) is 11.3. The van der Waals surface area contributed by atoms with Gasteiger partial charge in [0.15, 0.2) is 5.76 Å². The van der Waals surface area contributed by atoms with Crippen molar-refractivity contribution < 1.29 is 23.2 Å². The van der Waals surface area contributed by atoms with Crippen LogP contribution in [0, 0.1) is 0 Å². The second kappa shape index (κ2) is 11.3. The smallest absolute Gasteiger partial charge is 0.287 e. The molecule has 3 aromatic heterocycles. The monoisotopic (exact) mass is 464 g/mol. The van der Waals surface area contributed by atoms with Crippen LogP contribution in [0.15, 0.2) is 70.2 Å². The van der Waals surface area contributed by atoms with Crippen molar-refractivity contribution in [2.75, 3.05) is 6.54 Å². The molecule has 34 heavy (non-hydrogen) atoms. The normalized spacial score (nSPS) is 15.8. The minimum atomic E-state index is -0.796. The van der Waals surface area contributed by atoms with Crippen LogP contribution in [-0.2, 0) is 9.59 Å². The first-order chi connectivity index (χ1) is 16.6. The molecule has 0 aliphatic heterocycles. The summed E-state index contributed by atoms with van der Waals surface area (Å²) in [6.45, 7) is -0.291. The molecule has 3 heterocycles. The zero-order chi connectivity index (χ0) is 23.8. The fraction of sp³-hybridized carbons (Fsp3) is 0.360. The lowest BCUT2D eigenvalue weighted by molar-refractivity contribution is -0.125. The van der Waals surface area contributed by atoms with E-state index in [-0.39, 0.29) is 24.3 Å². The molecule has 0 saturated heterocycles. The Hall–Kier alpha value is -3.88. The predicted octanol–water partition coefficient (Wildman–Crippen LogP) is 3.09. The van der Waals surface area contributed by atoms with Crippen molar-refractivity contribution in [2.24, 2.45) is 0 Å². The summed E-state index contributed by atoms with van der Waals surface area (Å²) in [5.41, 5.74) is 0.650. The molecule has 1 fully saturated rings. The second-order valence-corrected chi connectivity index (χ2v) is 8.33. The number of nitrogens with zero attached hydrogens (tertiary/aromatic N) is 1. The van der Waals surface area contributed by atoms with Gasteiger partial charge in [0.1, 0.15) is 11.8 Å². The lowest BCUT2D eigenvalue weighted by Crippen LogP contribution is -2.46. The van der Waals surface area contributed by atoms with Crippen molar-refractivity contribution in [3.8, 4) is 0 Å². The van der Waals surface area contributed by atoms with Crippen LogP contribution in [0.5, 0.6) is 0 Å². The Balaban J connectivity index is 1.53. The van der Waals surface area contributed by atoms with E-state index in [1.165, 1.54) is 25.0 Å². The Morgan fingerprint density at radius 2 is 1.79 bits per heavy atom. The van der Waals surface area contributed by atoms with E-state index in [9.17, 15) is 14.4 Å². The van der Waals surface area contributed by atoms with E-state index in [0.717, 1.165) is 25.7 Å². The van der Waals surface area contributed by atoms with Gasteiger partial charge in [0, 0.05) is 18.4 Å². The maximum absolute atomic E-state index is 13.5. The van der Waals surface area contributed by atoms with E-state index < -0.39 is 23.8 Å². The minimum absolute atomic E-state index is 0.0981. The number of pyridine rings is 1. The molecule has 1 saturated carbocycles. The summed E-state index contributed by atoms with van der Waals surface area (Å²) in [5, 5.41) is 8.55. The average Bonchev–Trinajstić information content (AvgIpc) is 3.58. The van der Waals surface area contributed by atoms with Crippen LogP contribution in [0.4, 0.5) is 0 Å².